The van der Waals surface area contributed by atoms with Gasteiger partial charge in [-0.25, -0.2) is 0 Å². The van der Waals surface area contributed by atoms with Gasteiger partial charge in [0.15, 0.2) is 0 Å². The summed E-state index contributed by atoms with van der Waals surface area (Å²) in [7, 11) is 0. The average Bonchev–Trinajstić information content (AvgIpc) is 1.98. The number of aryl methyl sites for hydroxylation is 2. The molecule has 72 valence electrons. The van der Waals surface area contributed by atoms with Crippen LogP contribution in [-0.4, -0.2) is 6.04 Å². The molecule has 1 aromatic rings. The minimum Gasteiger partial charge on any atom is -0.328 e. The predicted molar refractivity (Wildman–Crippen MR) is 61.0 cm³/mol. The van der Waals surface area contributed by atoms with Crippen molar-refractivity contribution in [3.05, 3.63) is 33.3 Å². The molecule has 2 heteroatoms. The maximum Gasteiger partial charge on any atom is 0.0233 e. The summed E-state index contributed by atoms with van der Waals surface area (Å²) < 4.78 is 1.21. The standard InChI is InChI=1S/C11H16BrN/c1-7-4-10(6-9(3)13)5-8(2)11(7)12/h4-5,9H,6,13H2,1-3H3/t9-/m1/s1. The Hall–Kier alpha value is -0.340. The SMILES string of the molecule is Cc1cc(C[C@@H](C)N)cc(C)c1Br. The van der Waals surface area contributed by atoms with Crippen LogP contribution in [0, 0.1) is 13.8 Å². The Morgan fingerprint density at radius 2 is 1.77 bits per heavy atom. The predicted octanol–water partition coefficient (Wildman–Crippen LogP) is 2.96. The summed E-state index contributed by atoms with van der Waals surface area (Å²) in [5.41, 5.74) is 9.65. The summed E-state index contributed by atoms with van der Waals surface area (Å²) in [4.78, 5) is 0. The van der Waals surface area contributed by atoms with Crippen LogP contribution in [-0.2, 0) is 6.42 Å². The third kappa shape index (κ3) is 2.82. The normalized spacial score (nSPS) is 13.0. The zero-order valence-corrected chi connectivity index (χ0v) is 9.98. The van der Waals surface area contributed by atoms with Crippen LogP contribution in [0.3, 0.4) is 0 Å². The lowest BCUT2D eigenvalue weighted by Crippen LogP contribution is -2.17. The molecule has 0 amide bonds. The highest BCUT2D eigenvalue weighted by Gasteiger charge is 2.03. The van der Waals surface area contributed by atoms with E-state index in [1.54, 1.807) is 0 Å². The highest BCUT2D eigenvalue weighted by atomic mass is 79.9. The number of nitrogens with two attached hydrogens (primary N) is 1. The van der Waals surface area contributed by atoms with Gasteiger partial charge in [0.25, 0.3) is 0 Å². The zero-order chi connectivity index (χ0) is 10.0. The minimum atomic E-state index is 0.236. The largest absolute Gasteiger partial charge is 0.328 e. The fraction of sp³-hybridized carbons (Fsp3) is 0.455. The zero-order valence-electron chi connectivity index (χ0n) is 8.39. The number of benzene rings is 1. The van der Waals surface area contributed by atoms with E-state index in [0.717, 1.165) is 6.42 Å². The maximum atomic E-state index is 5.75. The van der Waals surface area contributed by atoms with Crippen LogP contribution >= 0.6 is 15.9 Å². The molecule has 0 fully saturated rings. The van der Waals surface area contributed by atoms with Crippen LogP contribution in [0.2, 0.25) is 0 Å². The van der Waals surface area contributed by atoms with Gasteiger partial charge in [-0.15, -0.1) is 0 Å². The van der Waals surface area contributed by atoms with E-state index >= 15 is 0 Å². The molecule has 2 N–H and O–H groups in total. The van der Waals surface area contributed by atoms with Gasteiger partial charge in [0.1, 0.15) is 0 Å². The van der Waals surface area contributed by atoms with Crippen molar-refractivity contribution >= 4 is 15.9 Å². The van der Waals surface area contributed by atoms with Gasteiger partial charge in [0.2, 0.25) is 0 Å². The van der Waals surface area contributed by atoms with E-state index in [4.69, 9.17) is 5.73 Å². The van der Waals surface area contributed by atoms with Crippen molar-refractivity contribution in [2.75, 3.05) is 0 Å². The molecule has 0 aromatic heterocycles. The quantitative estimate of drug-likeness (QED) is 0.847. The van der Waals surface area contributed by atoms with Gasteiger partial charge < -0.3 is 5.73 Å². The smallest absolute Gasteiger partial charge is 0.0233 e. The van der Waals surface area contributed by atoms with Crippen LogP contribution in [0.4, 0.5) is 0 Å². The van der Waals surface area contributed by atoms with E-state index in [-0.39, 0.29) is 6.04 Å². The second kappa shape index (κ2) is 4.25. The molecule has 0 aliphatic heterocycles. The topological polar surface area (TPSA) is 26.0 Å². The first-order valence-corrected chi connectivity index (χ1v) is 5.31. The summed E-state index contributed by atoms with van der Waals surface area (Å²) >= 11 is 3.55. The molecule has 1 atom stereocenters. The van der Waals surface area contributed by atoms with E-state index in [2.05, 4.69) is 41.9 Å². The van der Waals surface area contributed by atoms with E-state index < -0.39 is 0 Å². The molecule has 0 spiro atoms. The Morgan fingerprint density at radius 3 is 2.15 bits per heavy atom. The third-order valence-corrected chi connectivity index (χ3v) is 3.30. The molecular formula is C11H16BrN. The van der Waals surface area contributed by atoms with Crippen LogP contribution in [0.1, 0.15) is 23.6 Å². The lowest BCUT2D eigenvalue weighted by atomic mass is 10.0. The van der Waals surface area contributed by atoms with Gasteiger partial charge in [-0.05, 0) is 43.9 Å². The van der Waals surface area contributed by atoms with Crippen LogP contribution in [0.15, 0.2) is 16.6 Å². The summed E-state index contributed by atoms with van der Waals surface area (Å²) in [6.45, 7) is 6.26. The molecule has 1 nitrogen and oxygen atoms in total. The second-order valence-electron chi connectivity index (χ2n) is 3.73. The first kappa shape index (κ1) is 10.7. The Morgan fingerprint density at radius 1 is 1.31 bits per heavy atom. The molecule has 0 radical (unpaired) electrons. The molecule has 0 saturated carbocycles. The third-order valence-electron chi connectivity index (χ3n) is 2.05. The van der Waals surface area contributed by atoms with Crippen molar-refractivity contribution in [3.8, 4) is 0 Å². The summed E-state index contributed by atoms with van der Waals surface area (Å²) in [6.07, 6.45) is 0.953. The Bertz CT molecular complexity index is 282. The number of rotatable bonds is 2. The molecule has 0 aliphatic rings. The lowest BCUT2D eigenvalue weighted by Gasteiger charge is -2.09. The van der Waals surface area contributed by atoms with Crippen molar-refractivity contribution < 1.29 is 0 Å². The Balaban J connectivity index is 2.99. The van der Waals surface area contributed by atoms with E-state index in [9.17, 15) is 0 Å². The maximum absolute atomic E-state index is 5.75. The van der Waals surface area contributed by atoms with Crippen molar-refractivity contribution in [1.82, 2.24) is 0 Å². The van der Waals surface area contributed by atoms with Gasteiger partial charge in [-0.3, -0.25) is 0 Å². The first-order chi connectivity index (χ1) is 6.00. The van der Waals surface area contributed by atoms with Crippen LogP contribution in [0.25, 0.3) is 0 Å². The van der Waals surface area contributed by atoms with Gasteiger partial charge in [0, 0.05) is 10.5 Å². The average molecular weight is 242 g/mol. The van der Waals surface area contributed by atoms with Crippen molar-refractivity contribution in [1.29, 1.82) is 0 Å². The van der Waals surface area contributed by atoms with Crippen LogP contribution < -0.4 is 5.73 Å². The van der Waals surface area contributed by atoms with Crippen LogP contribution in [0.5, 0.6) is 0 Å². The Labute approximate surface area is 88.5 Å². The highest BCUT2D eigenvalue weighted by Crippen LogP contribution is 2.22. The number of hydrogen-bond acceptors (Lipinski definition) is 1. The van der Waals surface area contributed by atoms with E-state index in [1.165, 1.54) is 21.2 Å². The molecule has 1 aromatic carbocycles. The van der Waals surface area contributed by atoms with Crippen molar-refractivity contribution in [3.63, 3.8) is 0 Å². The van der Waals surface area contributed by atoms with Gasteiger partial charge in [0.05, 0.1) is 0 Å². The minimum absolute atomic E-state index is 0.236. The fourth-order valence-corrected chi connectivity index (χ4v) is 1.75. The molecule has 0 heterocycles. The molecule has 0 bridgehead atoms. The highest BCUT2D eigenvalue weighted by molar-refractivity contribution is 9.10. The van der Waals surface area contributed by atoms with Gasteiger partial charge >= 0.3 is 0 Å². The Kier molecular flexibility index (Phi) is 3.51. The molecule has 0 saturated heterocycles. The first-order valence-electron chi connectivity index (χ1n) is 4.52. The fourth-order valence-electron chi connectivity index (χ4n) is 1.53. The van der Waals surface area contributed by atoms with Gasteiger partial charge in [-0.2, -0.15) is 0 Å². The summed E-state index contributed by atoms with van der Waals surface area (Å²) in [5.74, 6) is 0. The number of hydrogen-bond donors (Lipinski definition) is 1. The lowest BCUT2D eigenvalue weighted by molar-refractivity contribution is 0.737. The summed E-state index contributed by atoms with van der Waals surface area (Å²) in [5, 5.41) is 0. The van der Waals surface area contributed by atoms with Gasteiger partial charge in [-0.1, -0.05) is 28.1 Å². The molecular weight excluding hydrogens is 226 g/mol. The molecule has 0 aliphatic carbocycles. The molecule has 13 heavy (non-hydrogen) atoms. The molecule has 0 unspecified atom stereocenters. The second-order valence-corrected chi connectivity index (χ2v) is 4.52. The van der Waals surface area contributed by atoms with Crippen molar-refractivity contribution in [2.45, 2.75) is 33.2 Å². The molecule has 1 rings (SSSR count). The number of halogens is 1. The monoisotopic (exact) mass is 241 g/mol. The van der Waals surface area contributed by atoms with E-state index in [0.29, 0.717) is 0 Å². The van der Waals surface area contributed by atoms with E-state index in [1.807, 2.05) is 6.92 Å². The summed E-state index contributed by atoms with van der Waals surface area (Å²) in [6, 6.07) is 4.63. The van der Waals surface area contributed by atoms with Crippen molar-refractivity contribution in [2.24, 2.45) is 5.73 Å².